The summed E-state index contributed by atoms with van der Waals surface area (Å²) in [5.74, 6) is 2.48. The minimum absolute atomic E-state index is 0.234. The summed E-state index contributed by atoms with van der Waals surface area (Å²) >= 11 is 0. The number of ether oxygens (including phenoxy) is 1. The van der Waals surface area contributed by atoms with Crippen LogP contribution in [0.5, 0.6) is 5.75 Å². The van der Waals surface area contributed by atoms with E-state index in [1.165, 1.54) is 12.0 Å². The van der Waals surface area contributed by atoms with Crippen molar-refractivity contribution in [1.29, 1.82) is 0 Å². The Morgan fingerprint density at radius 1 is 0.868 bits per heavy atom. The number of hydrogen-bond acceptors (Lipinski definition) is 5. The predicted molar refractivity (Wildman–Crippen MR) is 153 cm³/mol. The van der Waals surface area contributed by atoms with Gasteiger partial charge in [0.25, 0.3) is 0 Å². The number of aromatic nitrogens is 2. The van der Waals surface area contributed by atoms with Gasteiger partial charge in [-0.15, -0.1) is 4.91 Å². The predicted octanol–water partition coefficient (Wildman–Crippen LogP) is 8.48. The molecule has 0 N–H and O–H groups in total. The van der Waals surface area contributed by atoms with E-state index in [4.69, 9.17) is 14.7 Å². The van der Waals surface area contributed by atoms with Gasteiger partial charge in [0.2, 0.25) is 0 Å². The summed E-state index contributed by atoms with van der Waals surface area (Å²) in [4.78, 5) is 22.4. The lowest BCUT2D eigenvalue weighted by atomic mass is 9.64. The molecule has 0 radical (unpaired) electrons. The Morgan fingerprint density at radius 3 is 2.39 bits per heavy atom. The lowest BCUT2D eigenvalue weighted by Crippen LogP contribution is -2.46. The van der Waals surface area contributed by atoms with E-state index in [-0.39, 0.29) is 5.60 Å². The van der Waals surface area contributed by atoms with E-state index in [9.17, 15) is 4.91 Å². The van der Waals surface area contributed by atoms with Crippen molar-refractivity contribution in [1.82, 2.24) is 9.97 Å². The van der Waals surface area contributed by atoms with E-state index in [0.717, 1.165) is 62.6 Å². The van der Waals surface area contributed by atoms with Crippen LogP contribution in [-0.4, -0.2) is 15.6 Å². The summed E-state index contributed by atoms with van der Waals surface area (Å²) in [5, 5.41) is 5.60. The Labute approximate surface area is 222 Å². The molecule has 5 aromatic rings. The number of nitrogens with zero attached hydrogens (tertiary/aromatic N) is 3. The minimum atomic E-state index is -0.585. The number of fused-ring (bicyclic) bond motifs is 9. The highest BCUT2D eigenvalue weighted by Gasteiger charge is 2.47. The lowest BCUT2D eigenvalue weighted by molar-refractivity contribution is -0.0115. The second-order valence-electron chi connectivity index (χ2n) is 11.7. The van der Waals surface area contributed by atoms with E-state index in [0.29, 0.717) is 17.8 Å². The van der Waals surface area contributed by atoms with Crippen molar-refractivity contribution in [2.45, 2.75) is 57.6 Å². The smallest absolute Gasteiger partial charge is 0.142 e. The Morgan fingerprint density at radius 2 is 1.61 bits per heavy atom. The molecule has 0 bridgehead atoms. The third-order valence-electron chi connectivity index (χ3n) is 8.89. The van der Waals surface area contributed by atoms with E-state index in [1.807, 2.05) is 48.5 Å². The largest absolute Gasteiger partial charge is 0.487 e. The molecule has 4 atom stereocenters. The van der Waals surface area contributed by atoms with Crippen LogP contribution in [-0.2, 0) is 0 Å². The molecule has 1 aliphatic heterocycles. The molecular formula is C33H31N3O2. The third-order valence-corrected chi connectivity index (χ3v) is 8.89. The van der Waals surface area contributed by atoms with Gasteiger partial charge in [0.1, 0.15) is 17.4 Å². The first kappa shape index (κ1) is 23.3. The fourth-order valence-electron chi connectivity index (χ4n) is 7.03. The highest BCUT2D eigenvalue weighted by molar-refractivity contribution is 6.11. The van der Waals surface area contributed by atoms with Crippen molar-refractivity contribution >= 4 is 32.8 Å². The second-order valence-corrected chi connectivity index (χ2v) is 11.7. The Kier molecular flexibility index (Phi) is 5.26. The standard InChI is InChI=1S/C33H31N3O2/c1-19-13-15-25-24(17-19)28-31-30(22-11-7-8-12-23(22)32(28)38-33(25,2)3)35-27-18-21(14-16-26(27)34-31)29(36-37)20-9-5-4-6-10-20/h4-12,14,16,18-19,24-25,29H,13,15,17H2,1-3H3/t19-,24-,25-,29?/m0/s1. The normalized spacial score (nSPS) is 23.0. The molecule has 190 valence electrons. The molecule has 2 heterocycles. The summed E-state index contributed by atoms with van der Waals surface area (Å²) in [7, 11) is 0. The first-order valence-electron chi connectivity index (χ1n) is 13.7. The maximum Gasteiger partial charge on any atom is 0.142 e. The molecule has 0 saturated heterocycles. The van der Waals surface area contributed by atoms with Crippen molar-refractivity contribution < 1.29 is 4.74 Å². The number of rotatable bonds is 3. The quantitative estimate of drug-likeness (QED) is 0.141. The fourth-order valence-corrected chi connectivity index (χ4v) is 7.03. The molecule has 5 heteroatoms. The fraction of sp³-hybridized carbons (Fsp3) is 0.333. The Bertz CT molecular complexity index is 1710. The number of nitroso groups, excluding NO2 is 1. The molecular weight excluding hydrogens is 470 g/mol. The van der Waals surface area contributed by atoms with Gasteiger partial charge in [0.05, 0.1) is 22.1 Å². The summed E-state index contributed by atoms with van der Waals surface area (Å²) < 4.78 is 6.86. The van der Waals surface area contributed by atoms with E-state index >= 15 is 0 Å². The average molecular weight is 502 g/mol. The molecule has 5 nitrogen and oxygen atoms in total. The molecule has 0 spiro atoms. The SMILES string of the molecule is C[C@H]1CC[C@H]2[C@H](C1)c1c(c3ccccc3c3nc4cc(C(N=O)c5ccccc5)ccc4nc13)OC2(C)C. The summed E-state index contributed by atoms with van der Waals surface area (Å²) in [5.41, 5.74) is 6.13. The van der Waals surface area contributed by atoms with Crippen LogP contribution in [0.4, 0.5) is 0 Å². The summed E-state index contributed by atoms with van der Waals surface area (Å²) in [6.07, 6.45) is 3.54. The number of hydrogen-bond donors (Lipinski definition) is 0. The zero-order chi connectivity index (χ0) is 26.0. The van der Waals surface area contributed by atoms with Gasteiger partial charge >= 0.3 is 0 Å². The van der Waals surface area contributed by atoms with E-state index < -0.39 is 6.04 Å². The van der Waals surface area contributed by atoms with Gasteiger partial charge in [0, 0.05) is 22.3 Å². The zero-order valence-corrected chi connectivity index (χ0v) is 22.0. The molecule has 1 aromatic heterocycles. The molecule has 1 unspecified atom stereocenters. The minimum Gasteiger partial charge on any atom is -0.487 e. The first-order chi connectivity index (χ1) is 18.4. The summed E-state index contributed by atoms with van der Waals surface area (Å²) in [6.45, 7) is 6.87. The maximum absolute atomic E-state index is 11.9. The van der Waals surface area contributed by atoms with Crippen molar-refractivity contribution in [3.05, 3.63) is 94.4 Å². The van der Waals surface area contributed by atoms with Crippen molar-refractivity contribution in [2.75, 3.05) is 0 Å². The maximum atomic E-state index is 11.9. The molecule has 38 heavy (non-hydrogen) atoms. The first-order valence-corrected chi connectivity index (χ1v) is 13.7. The lowest BCUT2D eigenvalue weighted by Gasteiger charge is -2.49. The van der Waals surface area contributed by atoms with Gasteiger partial charge in [-0.05, 0) is 61.8 Å². The van der Waals surface area contributed by atoms with Crippen LogP contribution in [0, 0.1) is 16.7 Å². The molecule has 1 fully saturated rings. The van der Waals surface area contributed by atoms with Crippen LogP contribution in [0.1, 0.15) is 68.7 Å². The Balaban J connectivity index is 1.50. The molecule has 1 saturated carbocycles. The van der Waals surface area contributed by atoms with Crippen LogP contribution in [0.3, 0.4) is 0 Å². The van der Waals surface area contributed by atoms with Crippen LogP contribution >= 0.6 is 0 Å². The van der Waals surface area contributed by atoms with Crippen LogP contribution in [0.25, 0.3) is 32.8 Å². The molecule has 4 aromatic carbocycles. The van der Waals surface area contributed by atoms with E-state index in [2.05, 4.69) is 50.2 Å². The molecule has 7 rings (SSSR count). The van der Waals surface area contributed by atoms with Gasteiger partial charge in [-0.2, -0.15) is 0 Å². The van der Waals surface area contributed by atoms with Crippen molar-refractivity contribution in [3.63, 3.8) is 0 Å². The van der Waals surface area contributed by atoms with E-state index in [1.54, 1.807) is 0 Å². The van der Waals surface area contributed by atoms with Gasteiger partial charge in [0.15, 0.2) is 0 Å². The zero-order valence-electron chi connectivity index (χ0n) is 22.0. The highest BCUT2D eigenvalue weighted by atomic mass is 16.5. The van der Waals surface area contributed by atoms with Gasteiger partial charge in [-0.25, -0.2) is 9.97 Å². The topological polar surface area (TPSA) is 64.4 Å². The molecule has 0 amide bonds. The second kappa shape index (κ2) is 8.59. The number of benzene rings is 4. The van der Waals surface area contributed by atoms with Gasteiger partial charge in [-0.1, -0.05) is 79.2 Å². The summed E-state index contributed by atoms with van der Waals surface area (Å²) in [6, 6.07) is 23.4. The van der Waals surface area contributed by atoms with Crippen LogP contribution in [0.15, 0.2) is 78.0 Å². The van der Waals surface area contributed by atoms with Crippen LogP contribution < -0.4 is 4.74 Å². The van der Waals surface area contributed by atoms with Gasteiger partial charge < -0.3 is 4.74 Å². The average Bonchev–Trinajstić information content (AvgIpc) is 2.93. The third kappa shape index (κ3) is 3.52. The van der Waals surface area contributed by atoms with Crippen molar-refractivity contribution in [3.8, 4) is 5.75 Å². The monoisotopic (exact) mass is 501 g/mol. The van der Waals surface area contributed by atoms with Gasteiger partial charge in [-0.3, -0.25) is 0 Å². The Hall–Kier alpha value is -3.86. The van der Waals surface area contributed by atoms with Crippen LogP contribution in [0.2, 0.25) is 0 Å². The van der Waals surface area contributed by atoms with Crippen molar-refractivity contribution in [2.24, 2.45) is 17.0 Å². The molecule has 2 aliphatic rings. The highest BCUT2D eigenvalue weighted by Crippen LogP contribution is 2.56. The molecule has 1 aliphatic carbocycles.